The molecular weight excluding hydrogens is 180 g/mol. The van der Waals surface area contributed by atoms with Crippen molar-refractivity contribution in [3.63, 3.8) is 0 Å². The fourth-order valence-electron chi connectivity index (χ4n) is 1.93. The molecule has 0 saturated heterocycles. The third-order valence-corrected chi connectivity index (χ3v) is 2.83. The van der Waals surface area contributed by atoms with Gasteiger partial charge in [0.05, 0.1) is 13.2 Å². The second-order valence-corrected chi connectivity index (χ2v) is 3.97. The zero-order chi connectivity index (χ0) is 10.6. The van der Waals surface area contributed by atoms with E-state index in [2.05, 4.69) is 11.3 Å². The van der Waals surface area contributed by atoms with Gasteiger partial charge in [-0.05, 0) is 38.0 Å². The highest BCUT2D eigenvalue weighted by atomic mass is 16.5. The first-order valence-electron chi connectivity index (χ1n) is 5.07. The third-order valence-electron chi connectivity index (χ3n) is 2.83. The molecule has 1 rings (SSSR count). The van der Waals surface area contributed by atoms with Crippen molar-refractivity contribution >= 4 is 5.97 Å². The Morgan fingerprint density at radius 1 is 1.43 bits per heavy atom. The van der Waals surface area contributed by atoms with Gasteiger partial charge in [-0.15, -0.1) is 0 Å². The molecule has 0 bridgehead atoms. The van der Waals surface area contributed by atoms with E-state index in [-0.39, 0.29) is 12.1 Å². The van der Waals surface area contributed by atoms with Crippen LogP contribution in [0.2, 0.25) is 0 Å². The fourth-order valence-corrected chi connectivity index (χ4v) is 1.93. The smallest absolute Gasteiger partial charge is 0.333 e. The highest BCUT2D eigenvalue weighted by Crippen LogP contribution is 2.28. The van der Waals surface area contributed by atoms with Gasteiger partial charge in [0.1, 0.15) is 0 Å². The predicted molar refractivity (Wildman–Crippen MR) is 53.7 cm³/mol. The maximum atomic E-state index is 11.1. The molecule has 0 atom stereocenters. The van der Waals surface area contributed by atoms with E-state index in [1.807, 2.05) is 0 Å². The predicted octanol–water partition coefficient (Wildman–Crippen LogP) is 1.66. The quantitative estimate of drug-likeness (QED) is 0.554. The van der Waals surface area contributed by atoms with E-state index in [0.29, 0.717) is 17.9 Å². The molecule has 1 N–H and O–H groups in total. The number of aliphatic hydroxyl groups excluding tert-OH is 1. The summed E-state index contributed by atoms with van der Waals surface area (Å²) in [6.07, 6.45) is 4.23. The first kappa shape index (κ1) is 11.2. The third kappa shape index (κ3) is 3.14. The average Bonchev–Trinajstić information content (AvgIpc) is 2.20. The summed E-state index contributed by atoms with van der Waals surface area (Å²) in [5.41, 5.74) is 0.550. The molecule has 3 heteroatoms. The Morgan fingerprint density at radius 2 is 2.00 bits per heavy atom. The van der Waals surface area contributed by atoms with Crippen LogP contribution in [0.25, 0.3) is 0 Å². The maximum absolute atomic E-state index is 11.1. The molecule has 1 fully saturated rings. The minimum atomic E-state index is -0.309. The van der Waals surface area contributed by atoms with Crippen molar-refractivity contribution in [3.8, 4) is 0 Å². The zero-order valence-corrected chi connectivity index (χ0v) is 8.66. The fraction of sp³-hybridized carbons (Fsp3) is 0.727. The van der Waals surface area contributed by atoms with Crippen molar-refractivity contribution in [2.45, 2.75) is 38.2 Å². The molecule has 0 aromatic carbocycles. The van der Waals surface area contributed by atoms with Crippen LogP contribution in [0.4, 0.5) is 0 Å². The van der Waals surface area contributed by atoms with Gasteiger partial charge in [-0.2, -0.15) is 0 Å². The molecule has 3 nitrogen and oxygen atoms in total. The summed E-state index contributed by atoms with van der Waals surface area (Å²) in [5.74, 6) is 0.182. The summed E-state index contributed by atoms with van der Waals surface area (Å²) in [4.78, 5) is 11.1. The van der Waals surface area contributed by atoms with Crippen molar-refractivity contribution in [3.05, 3.63) is 12.2 Å². The number of hydrogen-bond donors (Lipinski definition) is 1. The van der Waals surface area contributed by atoms with Gasteiger partial charge in [0.15, 0.2) is 0 Å². The summed E-state index contributed by atoms with van der Waals surface area (Å²) in [6, 6.07) is 0. The highest BCUT2D eigenvalue weighted by Gasteiger charge is 2.21. The monoisotopic (exact) mass is 198 g/mol. The summed E-state index contributed by atoms with van der Waals surface area (Å²) in [5, 5.41) is 9.30. The molecule has 1 saturated carbocycles. The molecule has 0 unspecified atom stereocenters. The average molecular weight is 198 g/mol. The van der Waals surface area contributed by atoms with E-state index >= 15 is 0 Å². The van der Waals surface area contributed by atoms with Crippen LogP contribution < -0.4 is 0 Å². The van der Waals surface area contributed by atoms with Crippen LogP contribution in [0.15, 0.2) is 12.2 Å². The van der Waals surface area contributed by atoms with Gasteiger partial charge in [0.25, 0.3) is 0 Å². The molecule has 0 amide bonds. The van der Waals surface area contributed by atoms with E-state index in [1.165, 1.54) is 7.11 Å². The van der Waals surface area contributed by atoms with Crippen LogP contribution in [0.5, 0.6) is 0 Å². The molecule has 80 valence electrons. The van der Waals surface area contributed by atoms with Crippen molar-refractivity contribution in [1.82, 2.24) is 0 Å². The number of hydrogen-bond acceptors (Lipinski definition) is 3. The van der Waals surface area contributed by atoms with Crippen LogP contribution in [0, 0.1) is 5.92 Å². The number of aliphatic hydroxyl groups is 1. The number of carbonyl (C=O) groups excluding carboxylic acids is 1. The first-order valence-corrected chi connectivity index (χ1v) is 5.07. The second kappa shape index (κ2) is 5.15. The summed E-state index contributed by atoms with van der Waals surface area (Å²) < 4.78 is 4.59. The number of carbonyl (C=O) groups is 1. The van der Waals surface area contributed by atoms with Crippen LogP contribution >= 0.6 is 0 Å². The molecular formula is C11H18O3. The Bertz CT molecular complexity index is 215. The van der Waals surface area contributed by atoms with Crippen molar-refractivity contribution < 1.29 is 14.6 Å². The van der Waals surface area contributed by atoms with E-state index < -0.39 is 0 Å². The van der Waals surface area contributed by atoms with Gasteiger partial charge in [0.2, 0.25) is 0 Å². The van der Waals surface area contributed by atoms with E-state index in [9.17, 15) is 9.90 Å². The molecule has 14 heavy (non-hydrogen) atoms. The Kier molecular flexibility index (Phi) is 4.14. The van der Waals surface area contributed by atoms with Gasteiger partial charge in [-0.1, -0.05) is 6.58 Å². The Balaban J connectivity index is 2.31. The lowest BCUT2D eigenvalue weighted by molar-refractivity contribution is -0.136. The Morgan fingerprint density at radius 3 is 2.50 bits per heavy atom. The second-order valence-electron chi connectivity index (χ2n) is 3.97. The molecule has 0 aromatic heterocycles. The number of ether oxygens (including phenoxy) is 1. The topological polar surface area (TPSA) is 46.5 Å². The van der Waals surface area contributed by atoms with Crippen LogP contribution in [0.3, 0.4) is 0 Å². The van der Waals surface area contributed by atoms with Gasteiger partial charge >= 0.3 is 5.97 Å². The molecule has 0 radical (unpaired) electrons. The molecule has 0 aromatic rings. The Hall–Kier alpha value is -0.830. The number of rotatable bonds is 3. The minimum absolute atomic E-state index is 0.141. The van der Waals surface area contributed by atoms with Crippen molar-refractivity contribution in [2.24, 2.45) is 5.92 Å². The van der Waals surface area contributed by atoms with E-state index in [0.717, 1.165) is 25.7 Å². The van der Waals surface area contributed by atoms with Crippen LogP contribution in [-0.4, -0.2) is 24.3 Å². The molecule has 1 aliphatic carbocycles. The molecule has 1 aliphatic rings. The van der Waals surface area contributed by atoms with Gasteiger partial charge < -0.3 is 9.84 Å². The first-order chi connectivity index (χ1) is 6.63. The SMILES string of the molecule is C=C(CC1CCC(O)CC1)C(=O)OC. The van der Waals surface area contributed by atoms with Crippen molar-refractivity contribution in [1.29, 1.82) is 0 Å². The van der Waals surface area contributed by atoms with E-state index in [1.54, 1.807) is 0 Å². The highest BCUT2D eigenvalue weighted by molar-refractivity contribution is 5.87. The molecule has 0 aliphatic heterocycles. The summed E-state index contributed by atoms with van der Waals surface area (Å²) >= 11 is 0. The normalized spacial score (nSPS) is 27.0. The standard InChI is InChI=1S/C11H18O3/c1-8(11(13)14-2)7-9-3-5-10(12)6-4-9/h9-10,12H,1,3-7H2,2H3. The minimum Gasteiger partial charge on any atom is -0.466 e. The molecule has 0 heterocycles. The number of esters is 1. The summed E-state index contributed by atoms with van der Waals surface area (Å²) in [7, 11) is 1.37. The van der Waals surface area contributed by atoms with E-state index in [4.69, 9.17) is 0 Å². The lowest BCUT2D eigenvalue weighted by atomic mass is 9.83. The van der Waals surface area contributed by atoms with Crippen molar-refractivity contribution in [2.75, 3.05) is 7.11 Å². The van der Waals surface area contributed by atoms with Gasteiger partial charge in [0, 0.05) is 5.57 Å². The lowest BCUT2D eigenvalue weighted by Gasteiger charge is -2.25. The Labute approximate surface area is 84.8 Å². The van der Waals surface area contributed by atoms with Gasteiger partial charge in [-0.3, -0.25) is 0 Å². The van der Waals surface area contributed by atoms with Gasteiger partial charge in [-0.25, -0.2) is 4.79 Å². The zero-order valence-electron chi connectivity index (χ0n) is 8.66. The molecule has 0 spiro atoms. The number of methoxy groups -OCH3 is 1. The maximum Gasteiger partial charge on any atom is 0.333 e. The lowest BCUT2D eigenvalue weighted by Crippen LogP contribution is -2.19. The van der Waals surface area contributed by atoms with Crippen LogP contribution in [0.1, 0.15) is 32.1 Å². The summed E-state index contributed by atoms with van der Waals surface area (Å²) in [6.45, 7) is 3.70. The van der Waals surface area contributed by atoms with Crippen LogP contribution in [-0.2, 0) is 9.53 Å². The largest absolute Gasteiger partial charge is 0.466 e.